The average Bonchev–Trinajstić information content (AvgIpc) is 0.927. The molecule has 0 fully saturated rings. The van der Waals surface area contributed by atoms with Gasteiger partial charge in [0.1, 0.15) is 19.3 Å². The normalized spacial score (nSPS) is 14.4. The number of hydrogen-bond acceptors (Lipinski definition) is 15. The van der Waals surface area contributed by atoms with E-state index in [1.54, 1.807) is 0 Å². The summed E-state index contributed by atoms with van der Waals surface area (Å²) in [6, 6.07) is 0. The summed E-state index contributed by atoms with van der Waals surface area (Å²) in [6.45, 7) is 4.70. The van der Waals surface area contributed by atoms with Gasteiger partial charge in [-0.3, -0.25) is 37.3 Å². The maximum absolute atomic E-state index is 13.1. The van der Waals surface area contributed by atoms with Crippen LogP contribution < -0.4 is 0 Å². The van der Waals surface area contributed by atoms with Crippen LogP contribution in [0.3, 0.4) is 0 Å². The lowest BCUT2D eigenvalue weighted by atomic mass is 10.0. The standard InChI is InChI=1S/C83H146O17P2/c1-5-9-13-17-21-25-29-32-35-37-38-40-42-45-49-52-56-60-64-68-81(86)94-74-79(100-83(88)70-66-62-58-54-50-46-43-39-36-33-30-26-22-18-14-10-6-2)76-98-102(91,92)96-72-77(84)71-95-101(89,90)97-75-78(99-82(87)69-65-61-57-53-47-28-24-20-16-12-8-4)73-93-80(85)67-63-59-55-51-48-44-41-34-31-27-23-19-15-11-7-3/h10,14,21-22,25-26,32-33,35-36,38,40,43,46,54,58,77-79,84H,5-9,11-13,15-20,23-24,27-31,34,37,39,41-42,44-45,47-53,55-57,59-76H2,1-4H3,(H,89,90)(H,91,92)/b14-10-,25-21-,26-22-,35-32-,36-33-,40-38-,46-43-,58-54-. The van der Waals surface area contributed by atoms with E-state index in [4.69, 9.17) is 37.0 Å². The molecule has 0 aliphatic heterocycles. The maximum atomic E-state index is 13.1. The van der Waals surface area contributed by atoms with Crippen molar-refractivity contribution in [2.45, 2.75) is 367 Å². The van der Waals surface area contributed by atoms with E-state index in [-0.39, 0.29) is 25.7 Å². The van der Waals surface area contributed by atoms with E-state index < -0.39 is 97.5 Å². The van der Waals surface area contributed by atoms with E-state index in [1.807, 2.05) is 12.2 Å². The molecule has 102 heavy (non-hydrogen) atoms. The van der Waals surface area contributed by atoms with Crippen molar-refractivity contribution in [1.82, 2.24) is 0 Å². The number of aliphatic hydroxyl groups excluding tert-OH is 1. The molecule has 5 unspecified atom stereocenters. The summed E-state index contributed by atoms with van der Waals surface area (Å²) in [5, 5.41) is 10.6. The topological polar surface area (TPSA) is 237 Å². The Labute approximate surface area is 620 Å². The summed E-state index contributed by atoms with van der Waals surface area (Å²) in [6.07, 6.45) is 79.6. The lowest BCUT2D eigenvalue weighted by Crippen LogP contribution is -2.30. The van der Waals surface area contributed by atoms with Gasteiger partial charge in [-0.15, -0.1) is 0 Å². The minimum atomic E-state index is -4.99. The highest BCUT2D eigenvalue weighted by Gasteiger charge is 2.30. The van der Waals surface area contributed by atoms with Crippen LogP contribution in [-0.2, 0) is 65.4 Å². The molecule has 590 valence electrons. The van der Waals surface area contributed by atoms with E-state index in [2.05, 4.69) is 113 Å². The Morgan fingerprint density at radius 3 is 0.843 bits per heavy atom. The van der Waals surface area contributed by atoms with Gasteiger partial charge in [-0.2, -0.15) is 0 Å². The Balaban J connectivity index is 5.37. The first-order valence-corrected chi connectivity index (χ1v) is 43.5. The molecule has 0 aromatic heterocycles. The summed E-state index contributed by atoms with van der Waals surface area (Å²) in [7, 11) is -9.97. The zero-order chi connectivity index (χ0) is 74.6. The van der Waals surface area contributed by atoms with E-state index in [9.17, 15) is 43.2 Å². The predicted octanol–water partition coefficient (Wildman–Crippen LogP) is 23.6. The molecular weight excluding hydrogens is 1330 g/mol. The quantitative estimate of drug-likeness (QED) is 0.0169. The van der Waals surface area contributed by atoms with E-state index in [0.717, 1.165) is 135 Å². The molecule has 0 saturated heterocycles. The van der Waals surface area contributed by atoms with Gasteiger partial charge in [-0.25, -0.2) is 9.13 Å². The second-order valence-corrected chi connectivity index (χ2v) is 29.9. The van der Waals surface area contributed by atoms with Crippen molar-refractivity contribution in [2.24, 2.45) is 0 Å². The monoisotopic (exact) mass is 1480 g/mol. The Morgan fingerprint density at radius 2 is 0.520 bits per heavy atom. The van der Waals surface area contributed by atoms with Crippen molar-refractivity contribution in [3.05, 3.63) is 97.2 Å². The second-order valence-electron chi connectivity index (χ2n) is 27.0. The van der Waals surface area contributed by atoms with Crippen molar-refractivity contribution in [2.75, 3.05) is 39.6 Å². The van der Waals surface area contributed by atoms with Crippen LogP contribution in [-0.4, -0.2) is 96.7 Å². The van der Waals surface area contributed by atoms with Crippen LogP contribution in [0.1, 0.15) is 349 Å². The zero-order valence-electron chi connectivity index (χ0n) is 64.5. The first kappa shape index (κ1) is 98.0. The van der Waals surface area contributed by atoms with Crippen LogP contribution in [0.15, 0.2) is 97.2 Å². The van der Waals surface area contributed by atoms with Crippen LogP contribution in [0, 0.1) is 0 Å². The molecule has 0 amide bonds. The lowest BCUT2D eigenvalue weighted by Gasteiger charge is -2.21. The molecule has 0 spiro atoms. The summed E-state index contributed by atoms with van der Waals surface area (Å²) >= 11 is 0. The van der Waals surface area contributed by atoms with Crippen molar-refractivity contribution in [3.8, 4) is 0 Å². The van der Waals surface area contributed by atoms with Gasteiger partial charge in [0.2, 0.25) is 0 Å². The predicted molar refractivity (Wildman–Crippen MR) is 418 cm³/mol. The number of unbranched alkanes of at least 4 members (excludes halogenated alkanes) is 34. The van der Waals surface area contributed by atoms with Gasteiger partial charge < -0.3 is 33.8 Å². The molecule has 0 aromatic carbocycles. The molecule has 19 heteroatoms. The number of ether oxygens (including phenoxy) is 4. The number of carbonyl (C=O) groups excluding carboxylic acids is 4. The number of allylic oxidation sites excluding steroid dienone is 16. The van der Waals surface area contributed by atoms with Crippen LogP contribution >= 0.6 is 15.6 Å². The van der Waals surface area contributed by atoms with E-state index >= 15 is 0 Å². The third-order valence-electron chi connectivity index (χ3n) is 17.1. The fourth-order valence-corrected chi connectivity index (χ4v) is 12.5. The molecular formula is C83H146O17P2. The Kier molecular flexibility index (Phi) is 72.3. The van der Waals surface area contributed by atoms with Crippen LogP contribution in [0.4, 0.5) is 0 Å². The van der Waals surface area contributed by atoms with Gasteiger partial charge in [0, 0.05) is 25.7 Å². The minimum Gasteiger partial charge on any atom is -0.462 e. The summed E-state index contributed by atoms with van der Waals surface area (Å²) in [5.74, 6) is -2.23. The fraction of sp³-hybridized carbons (Fsp3) is 0.759. The molecule has 17 nitrogen and oxygen atoms in total. The summed E-state index contributed by atoms with van der Waals surface area (Å²) in [5.41, 5.74) is 0. The largest absolute Gasteiger partial charge is 0.472 e. The minimum absolute atomic E-state index is 0.0139. The molecule has 0 heterocycles. The maximum Gasteiger partial charge on any atom is 0.472 e. The number of phosphoric ester groups is 2. The number of carbonyl (C=O) groups is 4. The zero-order valence-corrected chi connectivity index (χ0v) is 66.3. The molecule has 5 atom stereocenters. The summed E-state index contributed by atoms with van der Waals surface area (Å²) < 4.78 is 68.5. The molecule has 0 aromatic rings. The number of rotatable bonds is 76. The number of hydrogen-bond donors (Lipinski definition) is 3. The SMILES string of the molecule is CC/C=C\C/C=C\C/C=C\C/C=C\C/C=C\CCCC(=O)OC(COC(=O)CCCCCCCC/C=C\C/C=C\C/C=C\CCCCC)COP(=O)(O)OCC(O)COP(=O)(O)OCC(COC(=O)CCCCCCCCCCCCCCCCC)OC(=O)CCCCCCCCCCCCC. The third kappa shape index (κ3) is 74.3. The lowest BCUT2D eigenvalue weighted by molar-refractivity contribution is -0.161. The Morgan fingerprint density at radius 1 is 0.284 bits per heavy atom. The van der Waals surface area contributed by atoms with Crippen molar-refractivity contribution in [3.63, 3.8) is 0 Å². The van der Waals surface area contributed by atoms with E-state index in [1.165, 1.54) is 128 Å². The number of phosphoric acid groups is 2. The van der Waals surface area contributed by atoms with Crippen LogP contribution in [0.2, 0.25) is 0 Å². The Hall–Kier alpha value is -4.02. The highest BCUT2D eigenvalue weighted by atomic mass is 31.2. The molecule has 0 bridgehead atoms. The second kappa shape index (κ2) is 75.2. The fourth-order valence-electron chi connectivity index (χ4n) is 10.9. The van der Waals surface area contributed by atoms with Gasteiger partial charge in [-0.1, -0.05) is 318 Å². The first-order valence-electron chi connectivity index (χ1n) is 40.5. The third-order valence-corrected chi connectivity index (χ3v) is 19.0. The molecule has 0 aliphatic rings. The smallest absolute Gasteiger partial charge is 0.462 e. The van der Waals surface area contributed by atoms with Gasteiger partial charge >= 0.3 is 39.5 Å². The van der Waals surface area contributed by atoms with Crippen LogP contribution in [0.5, 0.6) is 0 Å². The molecule has 0 saturated carbocycles. The van der Waals surface area contributed by atoms with Crippen molar-refractivity contribution < 1.29 is 80.2 Å². The van der Waals surface area contributed by atoms with Gasteiger partial charge in [0.15, 0.2) is 12.2 Å². The highest BCUT2D eigenvalue weighted by molar-refractivity contribution is 7.47. The van der Waals surface area contributed by atoms with E-state index in [0.29, 0.717) is 32.1 Å². The molecule has 0 rings (SSSR count). The average molecular weight is 1480 g/mol. The van der Waals surface area contributed by atoms with Crippen LogP contribution in [0.25, 0.3) is 0 Å². The van der Waals surface area contributed by atoms with Crippen molar-refractivity contribution >= 4 is 39.5 Å². The van der Waals surface area contributed by atoms with Gasteiger partial charge in [0.25, 0.3) is 0 Å². The Bertz CT molecular complexity index is 2310. The van der Waals surface area contributed by atoms with Gasteiger partial charge in [-0.05, 0) is 103 Å². The molecule has 0 aliphatic carbocycles. The molecule has 3 N–H and O–H groups in total. The van der Waals surface area contributed by atoms with Crippen molar-refractivity contribution in [1.29, 1.82) is 0 Å². The first-order chi connectivity index (χ1) is 49.7. The number of aliphatic hydroxyl groups is 1. The number of esters is 4. The highest BCUT2D eigenvalue weighted by Crippen LogP contribution is 2.45. The molecule has 0 radical (unpaired) electrons. The summed E-state index contributed by atoms with van der Waals surface area (Å²) in [4.78, 5) is 73.0. The van der Waals surface area contributed by atoms with Gasteiger partial charge in [0.05, 0.1) is 26.4 Å².